The summed E-state index contributed by atoms with van der Waals surface area (Å²) in [7, 11) is 0. The maximum atomic E-state index is 12.2. The molecule has 0 saturated carbocycles. The number of carboxylic acids is 1. The van der Waals surface area contributed by atoms with Gasteiger partial charge in [-0.3, -0.25) is 14.3 Å². The topological polar surface area (TPSA) is 84.2 Å². The van der Waals surface area contributed by atoms with Gasteiger partial charge in [-0.15, -0.1) is 0 Å². The van der Waals surface area contributed by atoms with Crippen LogP contribution < -0.4 is 5.32 Å². The van der Waals surface area contributed by atoms with E-state index in [1.807, 2.05) is 27.7 Å². The summed E-state index contributed by atoms with van der Waals surface area (Å²) in [5, 5.41) is 16.0. The first-order chi connectivity index (χ1) is 9.15. The average molecular weight is 281 g/mol. The summed E-state index contributed by atoms with van der Waals surface area (Å²) in [5.74, 6) is -1.29. The number of carboxylic acid groups (broad SMARTS) is 1. The van der Waals surface area contributed by atoms with Gasteiger partial charge in [-0.05, 0) is 32.8 Å². The summed E-state index contributed by atoms with van der Waals surface area (Å²) in [4.78, 5) is 23.2. The number of hydrogen-bond acceptors (Lipinski definition) is 3. The lowest BCUT2D eigenvalue weighted by Crippen LogP contribution is -2.51. The lowest BCUT2D eigenvalue weighted by Gasteiger charge is -2.33. The van der Waals surface area contributed by atoms with Crippen LogP contribution in [0, 0.1) is 5.92 Å². The Morgan fingerprint density at radius 3 is 2.40 bits per heavy atom. The van der Waals surface area contributed by atoms with Crippen LogP contribution in [-0.4, -0.2) is 32.3 Å². The van der Waals surface area contributed by atoms with Crippen LogP contribution in [0.15, 0.2) is 12.3 Å². The number of amides is 1. The first-order valence-electron chi connectivity index (χ1n) is 6.75. The highest BCUT2D eigenvalue weighted by molar-refractivity contribution is 5.93. The van der Waals surface area contributed by atoms with Crippen LogP contribution in [0.4, 0.5) is 0 Å². The Bertz CT molecular complexity index is 494. The van der Waals surface area contributed by atoms with Gasteiger partial charge in [-0.2, -0.15) is 5.10 Å². The van der Waals surface area contributed by atoms with Crippen molar-refractivity contribution in [3.63, 3.8) is 0 Å². The maximum absolute atomic E-state index is 12.2. The second-order valence-electron chi connectivity index (χ2n) is 5.87. The van der Waals surface area contributed by atoms with E-state index in [-0.39, 0.29) is 24.3 Å². The molecule has 0 aliphatic carbocycles. The molecule has 1 heterocycles. The standard InChI is InChI=1S/C14H23N3O3/c1-9(2)14(5,8-12(18)19)15-13(20)11-6-7-17(16-11)10(3)4/h6-7,9-10H,8H2,1-5H3,(H,15,20)(H,18,19). The molecule has 1 aromatic rings. The van der Waals surface area contributed by atoms with Crippen molar-refractivity contribution in [2.75, 3.05) is 0 Å². The SMILES string of the molecule is CC(C)n1ccc(C(=O)NC(C)(CC(=O)O)C(C)C)n1. The predicted molar refractivity (Wildman–Crippen MR) is 75.6 cm³/mol. The minimum Gasteiger partial charge on any atom is -0.481 e. The van der Waals surface area contributed by atoms with Gasteiger partial charge in [0, 0.05) is 12.2 Å². The third-order valence-electron chi connectivity index (χ3n) is 3.56. The molecule has 0 spiro atoms. The summed E-state index contributed by atoms with van der Waals surface area (Å²) >= 11 is 0. The Balaban J connectivity index is 2.87. The lowest BCUT2D eigenvalue weighted by molar-refractivity contribution is -0.138. The highest BCUT2D eigenvalue weighted by Crippen LogP contribution is 2.21. The number of nitrogens with zero attached hydrogens (tertiary/aromatic N) is 2. The Hall–Kier alpha value is -1.85. The summed E-state index contributed by atoms with van der Waals surface area (Å²) in [5.41, 5.74) is -0.499. The zero-order chi connectivity index (χ0) is 15.5. The Morgan fingerprint density at radius 1 is 1.40 bits per heavy atom. The van der Waals surface area contributed by atoms with Gasteiger partial charge in [-0.1, -0.05) is 13.8 Å². The van der Waals surface area contributed by atoms with E-state index in [1.165, 1.54) is 0 Å². The second kappa shape index (κ2) is 6.07. The smallest absolute Gasteiger partial charge is 0.305 e. The van der Waals surface area contributed by atoms with Crippen molar-refractivity contribution in [1.82, 2.24) is 15.1 Å². The molecule has 2 N–H and O–H groups in total. The number of nitrogens with one attached hydrogen (secondary N) is 1. The van der Waals surface area contributed by atoms with Crippen LogP contribution in [0.25, 0.3) is 0 Å². The molecule has 1 rings (SSSR count). The average Bonchev–Trinajstić information content (AvgIpc) is 2.76. The van der Waals surface area contributed by atoms with Crippen LogP contribution in [0.5, 0.6) is 0 Å². The van der Waals surface area contributed by atoms with Crippen molar-refractivity contribution in [1.29, 1.82) is 0 Å². The van der Waals surface area contributed by atoms with E-state index in [2.05, 4.69) is 10.4 Å². The Labute approximate surface area is 119 Å². The lowest BCUT2D eigenvalue weighted by atomic mass is 9.85. The molecule has 6 nitrogen and oxygen atoms in total. The van der Waals surface area contributed by atoms with Crippen molar-refractivity contribution in [3.8, 4) is 0 Å². The van der Waals surface area contributed by atoms with Gasteiger partial charge in [0.05, 0.1) is 12.0 Å². The number of aliphatic carboxylic acids is 1. The molecule has 0 bridgehead atoms. The van der Waals surface area contributed by atoms with Crippen molar-refractivity contribution in [2.24, 2.45) is 5.92 Å². The zero-order valence-corrected chi connectivity index (χ0v) is 12.7. The summed E-state index contributed by atoms with van der Waals surface area (Å²) in [6.07, 6.45) is 1.62. The highest BCUT2D eigenvalue weighted by Gasteiger charge is 2.33. The molecule has 0 saturated heterocycles. The second-order valence-corrected chi connectivity index (χ2v) is 5.87. The molecule has 1 aromatic heterocycles. The predicted octanol–water partition coefficient (Wildman–Crippen LogP) is 2.08. The first-order valence-corrected chi connectivity index (χ1v) is 6.75. The molecule has 0 aliphatic rings. The largest absolute Gasteiger partial charge is 0.481 e. The van der Waals surface area contributed by atoms with Gasteiger partial charge in [-0.25, -0.2) is 0 Å². The molecule has 1 amide bonds. The molecular weight excluding hydrogens is 258 g/mol. The third kappa shape index (κ3) is 3.82. The van der Waals surface area contributed by atoms with Crippen LogP contribution in [0.1, 0.15) is 57.6 Å². The number of aromatic nitrogens is 2. The fourth-order valence-corrected chi connectivity index (χ4v) is 1.78. The molecule has 6 heteroatoms. The molecule has 0 radical (unpaired) electrons. The van der Waals surface area contributed by atoms with E-state index in [1.54, 1.807) is 23.9 Å². The molecule has 112 valence electrons. The van der Waals surface area contributed by atoms with Gasteiger partial charge < -0.3 is 10.4 Å². The van der Waals surface area contributed by atoms with E-state index < -0.39 is 11.5 Å². The first kappa shape index (κ1) is 16.2. The zero-order valence-electron chi connectivity index (χ0n) is 12.7. The van der Waals surface area contributed by atoms with E-state index in [0.717, 1.165) is 0 Å². The van der Waals surface area contributed by atoms with Gasteiger partial charge in [0.15, 0.2) is 0 Å². The van der Waals surface area contributed by atoms with E-state index >= 15 is 0 Å². The minimum atomic E-state index is -0.936. The quantitative estimate of drug-likeness (QED) is 0.836. The van der Waals surface area contributed by atoms with Crippen molar-refractivity contribution in [2.45, 2.75) is 52.6 Å². The number of rotatable bonds is 6. The van der Waals surface area contributed by atoms with Crippen molar-refractivity contribution >= 4 is 11.9 Å². The van der Waals surface area contributed by atoms with Crippen LogP contribution in [0.2, 0.25) is 0 Å². The van der Waals surface area contributed by atoms with Crippen molar-refractivity contribution in [3.05, 3.63) is 18.0 Å². The normalized spacial score (nSPS) is 14.3. The van der Waals surface area contributed by atoms with Gasteiger partial charge in [0.1, 0.15) is 5.69 Å². The molecular formula is C14H23N3O3. The number of carbonyl (C=O) groups excluding carboxylic acids is 1. The van der Waals surface area contributed by atoms with Crippen molar-refractivity contribution < 1.29 is 14.7 Å². The van der Waals surface area contributed by atoms with Crippen LogP contribution in [-0.2, 0) is 4.79 Å². The Kier molecular flexibility index (Phi) is 4.92. The van der Waals surface area contributed by atoms with Crippen LogP contribution in [0.3, 0.4) is 0 Å². The summed E-state index contributed by atoms with van der Waals surface area (Å²) < 4.78 is 1.69. The number of carbonyl (C=O) groups is 2. The third-order valence-corrected chi connectivity index (χ3v) is 3.56. The fraction of sp³-hybridized carbons (Fsp3) is 0.643. The van der Waals surface area contributed by atoms with E-state index in [9.17, 15) is 9.59 Å². The monoisotopic (exact) mass is 281 g/mol. The number of hydrogen-bond donors (Lipinski definition) is 2. The van der Waals surface area contributed by atoms with E-state index in [0.29, 0.717) is 5.69 Å². The molecule has 20 heavy (non-hydrogen) atoms. The van der Waals surface area contributed by atoms with Gasteiger partial charge in [0.2, 0.25) is 0 Å². The Morgan fingerprint density at radius 2 is 2.00 bits per heavy atom. The molecule has 0 fully saturated rings. The summed E-state index contributed by atoms with van der Waals surface area (Å²) in [6.45, 7) is 9.45. The summed E-state index contributed by atoms with van der Waals surface area (Å²) in [6, 6.07) is 1.81. The molecule has 0 aliphatic heterocycles. The highest BCUT2D eigenvalue weighted by atomic mass is 16.4. The maximum Gasteiger partial charge on any atom is 0.305 e. The van der Waals surface area contributed by atoms with Gasteiger partial charge in [0.25, 0.3) is 5.91 Å². The van der Waals surface area contributed by atoms with E-state index in [4.69, 9.17) is 5.11 Å². The molecule has 1 unspecified atom stereocenters. The molecule has 0 aromatic carbocycles. The van der Waals surface area contributed by atoms with Gasteiger partial charge >= 0.3 is 5.97 Å². The van der Waals surface area contributed by atoms with Crippen LogP contribution >= 0.6 is 0 Å². The fourth-order valence-electron chi connectivity index (χ4n) is 1.78. The minimum absolute atomic E-state index is 0.00488. The molecule has 1 atom stereocenters.